The van der Waals surface area contributed by atoms with Crippen molar-refractivity contribution < 1.29 is 0 Å². The van der Waals surface area contributed by atoms with E-state index in [1.165, 1.54) is 0 Å². The maximum absolute atomic E-state index is 10.1. The Bertz CT molecular complexity index is 237. The smallest absolute Gasteiger partial charge is 0.0455 e. The molecule has 0 aliphatic heterocycles. The van der Waals surface area contributed by atoms with E-state index >= 15 is 0 Å². The molecule has 1 rings (SSSR count). The highest BCUT2D eigenvalue weighted by atomic mass is 35.5. The molecule has 1 aromatic rings. The van der Waals surface area contributed by atoms with E-state index in [4.69, 9.17) is 11.6 Å². The zero-order valence-corrected chi connectivity index (χ0v) is 6.27. The molecule has 0 aliphatic carbocycles. The van der Waals surface area contributed by atoms with Crippen LogP contribution in [0.2, 0.25) is 5.02 Å². The van der Waals surface area contributed by atoms with E-state index < -0.39 is 0 Å². The van der Waals surface area contributed by atoms with Crippen molar-refractivity contribution in [3.8, 4) is 0 Å². The van der Waals surface area contributed by atoms with Crippen molar-refractivity contribution in [3.63, 3.8) is 0 Å². The second-order valence-electron chi connectivity index (χ2n) is 2.07. The number of rotatable bonds is 1. The fourth-order valence-corrected chi connectivity index (χ4v) is 0.837. The van der Waals surface area contributed by atoms with Gasteiger partial charge in [-0.15, -0.1) is 0 Å². The molecule has 54 valence electrons. The van der Waals surface area contributed by atoms with Crippen molar-refractivity contribution in [2.75, 3.05) is 5.48 Å². The summed E-state index contributed by atoms with van der Waals surface area (Å²) in [5.74, 6) is 0. The van der Waals surface area contributed by atoms with Gasteiger partial charge >= 0.3 is 0 Å². The minimum atomic E-state index is 0.496. The van der Waals surface area contributed by atoms with E-state index in [0.29, 0.717) is 10.7 Å². The lowest BCUT2D eigenvalue weighted by atomic mass is 10.2. The molecule has 0 spiro atoms. The van der Waals surface area contributed by atoms with Crippen LogP contribution in [0.3, 0.4) is 0 Å². The molecule has 0 fully saturated rings. The van der Waals surface area contributed by atoms with E-state index in [-0.39, 0.29) is 0 Å². The first-order chi connectivity index (χ1) is 4.74. The fourth-order valence-electron chi connectivity index (χ4n) is 0.656. The van der Waals surface area contributed by atoms with Gasteiger partial charge in [0.25, 0.3) is 0 Å². The second-order valence-corrected chi connectivity index (χ2v) is 2.47. The minimum absolute atomic E-state index is 0.496. The molecule has 0 heterocycles. The summed E-state index contributed by atoms with van der Waals surface area (Å²) >= 11 is 5.71. The van der Waals surface area contributed by atoms with Crippen LogP contribution < -0.4 is 5.48 Å². The molecule has 10 heavy (non-hydrogen) atoms. The van der Waals surface area contributed by atoms with Gasteiger partial charge in [0.2, 0.25) is 0 Å². The van der Waals surface area contributed by atoms with Crippen molar-refractivity contribution in [3.05, 3.63) is 34.0 Å². The van der Waals surface area contributed by atoms with Crippen LogP contribution in [0.25, 0.3) is 0 Å². The average Bonchev–Trinajstić information content (AvgIpc) is 1.95. The molecule has 0 aliphatic rings. The normalized spacial score (nSPS) is 9.50. The van der Waals surface area contributed by atoms with Gasteiger partial charge in [-0.25, -0.2) is 0 Å². The molecule has 0 bridgehead atoms. The molecular formula is C7H7ClNO-. The van der Waals surface area contributed by atoms with E-state index in [2.05, 4.69) is 0 Å². The molecule has 0 atom stereocenters. The molecule has 1 aromatic carbocycles. The third-order valence-electron chi connectivity index (χ3n) is 1.29. The summed E-state index contributed by atoms with van der Waals surface area (Å²) in [5, 5.41) is 10.7. The number of anilines is 1. The quantitative estimate of drug-likeness (QED) is 0.635. The first-order valence-corrected chi connectivity index (χ1v) is 3.26. The maximum Gasteiger partial charge on any atom is 0.0455 e. The first kappa shape index (κ1) is 7.38. The molecule has 0 saturated carbocycles. The number of hydrogen-bond donors (Lipinski definition) is 1. The molecule has 0 amide bonds. The number of nitrogens with one attached hydrogen (secondary N) is 1. The number of aryl methyl sites for hydroxylation is 1. The van der Waals surface area contributed by atoms with Crippen LogP contribution in [0, 0.1) is 12.1 Å². The van der Waals surface area contributed by atoms with Crippen LogP contribution in [-0.2, 0) is 0 Å². The lowest BCUT2D eigenvalue weighted by molar-refractivity contribution is 1.46. The molecule has 1 N–H and O–H groups in total. The summed E-state index contributed by atoms with van der Waals surface area (Å²) in [6, 6.07) is 5.08. The van der Waals surface area contributed by atoms with Crippen LogP contribution in [0.4, 0.5) is 5.69 Å². The summed E-state index contributed by atoms with van der Waals surface area (Å²) in [6.07, 6.45) is 0. The number of benzene rings is 1. The van der Waals surface area contributed by atoms with Crippen LogP contribution >= 0.6 is 11.6 Å². The summed E-state index contributed by atoms with van der Waals surface area (Å²) < 4.78 is 0. The summed E-state index contributed by atoms with van der Waals surface area (Å²) in [7, 11) is 0. The lowest BCUT2D eigenvalue weighted by Crippen LogP contribution is -1.84. The molecule has 0 unspecified atom stereocenters. The minimum Gasteiger partial charge on any atom is -0.761 e. The first-order valence-electron chi connectivity index (χ1n) is 2.88. The maximum atomic E-state index is 10.1. The Morgan fingerprint density at radius 2 is 2.20 bits per heavy atom. The molecule has 0 saturated heterocycles. The van der Waals surface area contributed by atoms with Gasteiger partial charge in [0.15, 0.2) is 0 Å². The predicted molar refractivity (Wildman–Crippen MR) is 43.2 cm³/mol. The molecular weight excluding hydrogens is 150 g/mol. The van der Waals surface area contributed by atoms with Gasteiger partial charge in [0, 0.05) is 10.7 Å². The van der Waals surface area contributed by atoms with Gasteiger partial charge in [-0.2, -0.15) is 0 Å². The van der Waals surface area contributed by atoms with Gasteiger partial charge in [-0.05, 0) is 24.6 Å². The Labute approximate surface area is 64.4 Å². The van der Waals surface area contributed by atoms with E-state index in [1.54, 1.807) is 23.7 Å². The fraction of sp³-hybridized carbons (Fsp3) is 0.143. The highest BCUT2D eigenvalue weighted by Gasteiger charge is 1.92. The third-order valence-corrected chi connectivity index (χ3v) is 1.70. The third kappa shape index (κ3) is 1.40. The highest BCUT2D eigenvalue weighted by Crippen LogP contribution is 2.19. The van der Waals surface area contributed by atoms with Crippen LogP contribution in [0.1, 0.15) is 5.56 Å². The standard InChI is InChI=1S/C7H7ClNO/c1-5-2-3-6(9-10)4-7(5)8/h2-4,9H,1H3/q-1. The molecule has 0 radical (unpaired) electrons. The summed E-state index contributed by atoms with van der Waals surface area (Å²) in [5.41, 5.74) is 3.23. The number of hydrogen-bond acceptors (Lipinski definition) is 2. The van der Waals surface area contributed by atoms with Crippen molar-refractivity contribution in [2.45, 2.75) is 6.92 Å². The zero-order chi connectivity index (χ0) is 7.56. The zero-order valence-electron chi connectivity index (χ0n) is 5.52. The van der Waals surface area contributed by atoms with Crippen LogP contribution in [0.15, 0.2) is 18.2 Å². The summed E-state index contributed by atoms with van der Waals surface area (Å²) in [6.45, 7) is 1.89. The van der Waals surface area contributed by atoms with Gasteiger partial charge in [0.05, 0.1) is 0 Å². The van der Waals surface area contributed by atoms with Gasteiger partial charge < -0.3 is 10.7 Å². The van der Waals surface area contributed by atoms with Crippen molar-refractivity contribution in [1.82, 2.24) is 0 Å². The topological polar surface area (TPSA) is 35.1 Å². The Balaban J connectivity index is 3.04. The summed E-state index contributed by atoms with van der Waals surface area (Å²) in [4.78, 5) is 0. The SMILES string of the molecule is Cc1ccc(N[O-])cc1Cl. The van der Waals surface area contributed by atoms with Crippen LogP contribution in [0.5, 0.6) is 0 Å². The lowest BCUT2D eigenvalue weighted by Gasteiger charge is -2.09. The predicted octanol–water partition coefficient (Wildman–Crippen LogP) is 2.56. The van der Waals surface area contributed by atoms with E-state index in [1.807, 2.05) is 6.92 Å². The Hall–Kier alpha value is -0.730. The van der Waals surface area contributed by atoms with E-state index in [0.717, 1.165) is 5.56 Å². The van der Waals surface area contributed by atoms with E-state index in [9.17, 15) is 5.21 Å². The Morgan fingerprint density at radius 3 is 2.70 bits per heavy atom. The monoisotopic (exact) mass is 156 g/mol. The Morgan fingerprint density at radius 1 is 1.50 bits per heavy atom. The molecule has 2 nitrogen and oxygen atoms in total. The van der Waals surface area contributed by atoms with Crippen molar-refractivity contribution >= 4 is 17.3 Å². The Kier molecular flexibility index (Phi) is 2.14. The second kappa shape index (κ2) is 2.90. The van der Waals surface area contributed by atoms with Crippen molar-refractivity contribution in [2.24, 2.45) is 0 Å². The van der Waals surface area contributed by atoms with Gasteiger partial charge in [0.1, 0.15) is 0 Å². The van der Waals surface area contributed by atoms with Crippen molar-refractivity contribution in [1.29, 1.82) is 0 Å². The van der Waals surface area contributed by atoms with Gasteiger partial charge in [-0.3, -0.25) is 0 Å². The van der Waals surface area contributed by atoms with Crippen LogP contribution in [-0.4, -0.2) is 0 Å². The molecule has 3 heteroatoms. The number of halogens is 1. The largest absolute Gasteiger partial charge is 0.761 e. The van der Waals surface area contributed by atoms with Gasteiger partial charge in [-0.1, -0.05) is 17.7 Å². The average molecular weight is 157 g/mol. The molecule has 0 aromatic heterocycles. The highest BCUT2D eigenvalue weighted by molar-refractivity contribution is 6.31.